The number of ether oxygens (including phenoxy) is 1. The van der Waals surface area contributed by atoms with Gasteiger partial charge in [0.15, 0.2) is 0 Å². The molecule has 98 valence electrons. The molecule has 1 saturated heterocycles. The van der Waals surface area contributed by atoms with E-state index in [0.29, 0.717) is 12.0 Å². The largest absolute Gasteiger partial charge is 0.466 e. The topological polar surface area (TPSA) is 38.3 Å². The molecule has 2 aliphatic rings. The predicted octanol–water partition coefficient (Wildman–Crippen LogP) is 2.36. The van der Waals surface area contributed by atoms with Gasteiger partial charge in [0, 0.05) is 13.1 Å². The minimum Gasteiger partial charge on any atom is -0.466 e. The van der Waals surface area contributed by atoms with Crippen molar-refractivity contribution in [2.24, 2.45) is 16.7 Å². The lowest BCUT2D eigenvalue weighted by molar-refractivity contribution is -0.152. The molecular formula is C14H25NO2. The van der Waals surface area contributed by atoms with Gasteiger partial charge in [-0.15, -0.1) is 0 Å². The van der Waals surface area contributed by atoms with Crippen molar-refractivity contribution >= 4 is 5.97 Å². The summed E-state index contributed by atoms with van der Waals surface area (Å²) in [5, 5.41) is 3.41. The van der Waals surface area contributed by atoms with Crippen molar-refractivity contribution in [3.8, 4) is 0 Å². The molecule has 1 saturated carbocycles. The summed E-state index contributed by atoms with van der Waals surface area (Å²) < 4.78 is 5.24. The fourth-order valence-corrected chi connectivity index (χ4v) is 3.88. The van der Waals surface area contributed by atoms with Crippen molar-refractivity contribution in [3.05, 3.63) is 0 Å². The summed E-state index contributed by atoms with van der Waals surface area (Å²) in [6.07, 6.45) is 4.85. The van der Waals surface area contributed by atoms with Crippen LogP contribution in [0.1, 0.15) is 46.5 Å². The lowest BCUT2D eigenvalue weighted by Crippen LogP contribution is -2.42. The second kappa shape index (κ2) is 4.60. The summed E-state index contributed by atoms with van der Waals surface area (Å²) >= 11 is 0. The van der Waals surface area contributed by atoms with Crippen LogP contribution in [0.4, 0.5) is 0 Å². The summed E-state index contributed by atoms with van der Waals surface area (Å²) in [7, 11) is 0. The lowest BCUT2D eigenvalue weighted by Gasteiger charge is -2.44. The summed E-state index contributed by atoms with van der Waals surface area (Å²) in [5.41, 5.74) is 0.531. The molecule has 3 nitrogen and oxygen atoms in total. The Morgan fingerprint density at radius 1 is 1.41 bits per heavy atom. The van der Waals surface area contributed by atoms with Crippen molar-refractivity contribution in [3.63, 3.8) is 0 Å². The van der Waals surface area contributed by atoms with Gasteiger partial charge in [-0.2, -0.15) is 0 Å². The third-order valence-corrected chi connectivity index (χ3v) is 4.49. The van der Waals surface area contributed by atoms with E-state index in [0.717, 1.165) is 19.5 Å². The normalized spacial score (nSPS) is 36.1. The molecule has 2 fully saturated rings. The standard InChI is InChI=1S/C14H25NO2/c1-4-17-12(16)11-8-15-10-14(11)7-5-6-13(2,3)9-14/h11,15H,4-10H2,1-3H3. The molecule has 1 aliphatic carbocycles. The summed E-state index contributed by atoms with van der Waals surface area (Å²) in [5.74, 6) is 0.0808. The number of hydrogen-bond donors (Lipinski definition) is 1. The van der Waals surface area contributed by atoms with E-state index in [1.165, 1.54) is 19.3 Å². The molecule has 1 N–H and O–H groups in total. The Bertz CT molecular complexity index is 301. The Labute approximate surface area is 104 Å². The van der Waals surface area contributed by atoms with E-state index in [2.05, 4.69) is 19.2 Å². The molecule has 0 bridgehead atoms. The van der Waals surface area contributed by atoms with E-state index in [1.54, 1.807) is 0 Å². The first-order valence-corrected chi connectivity index (χ1v) is 6.86. The first-order valence-electron chi connectivity index (χ1n) is 6.86. The summed E-state index contributed by atoms with van der Waals surface area (Å²) in [4.78, 5) is 12.1. The van der Waals surface area contributed by atoms with Crippen LogP contribution in [0.5, 0.6) is 0 Å². The predicted molar refractivity (Wildman–Crippen MR) is 67.7 cm³/mol. The number of rotatable bonds is 2. The first-order chi connectivity index (χ1) is 7.99. The van der Waals surface area contributed by atoms with Crippen LogP contribution < -0.4 is 5.32 Å². The zero-order valence-electron chi connectivity index (χ0n) is 11.3. The average Bonchev–Trinajstić information content (AvgIpc) is 2.59. The highest BCUT2D eigenvalue weighted by molar-refractivity contribution is 5.74. The van der Waals surface area contributed by atoms with Gasteiger partial charge in [-0.25, -0.2) is 0 Å². The van der Waals surface area contributed by atoms with Crippen LogP contribution in [-0.4, -0.2) is 25.7 Å². The summed E-state index contributed by atoms with van der Waals surface area (Å²) in [6.45, 7) is 8.82. The van der Waals surface area contributed by atoms with Crippen LogP contribution in [0, 0.1) is 16.7 Å². The molecule has 0 aromatic carbocycles. The molecule has 17 heavy (non-hydrogen) atoms. The highest BCUT2D eigenvalue weighted by Crippen LogP contribution is 2.51. The molecular weight excluding hydrogens is 214 g/mol. The van der Waals surface area contributed by atoms with Gasteiger partial charge in [-0.05, 0) is 37.0 Å². The number of hydrogen-bond acceptors (Lipinski definition) is 3. The Hall–Kier alpha value is -0.570. The highest BCUT2D eigenvalue weighted by atomic mass is 16.5. The Kier molecular flexibility index (Phi) is 3.48. The minimum absolute atomic E-state index is 0.00944. The lowest BCUT2D eigenvalue weighted by atomic mass is 9.60. The Morgan fingerprint density at radius 2 is 2.18 bits per heavy atom. The van der Waals surface area contributed by atoms with Gasteiger partial charge in [0.2, 0.25) is 0 Å². The van der Waals surface area contributed by atoms with Gasteiger partial charge in [0.1, 0.15) is 0 Å². The number of carbonyl (C=O) groups is 1. The Balaban J connectivity index is 2.14. The van der Waals surface area contributed by atoms with Crippen molar-refractivity contribution in [1.82, 2.24) is 5.32 Å². The zero-order valence-corrected chi connectivity index (χ0v) is 11.3. The molecule has 0 aromatic heterocycles. The van der Waals surface area contributed by atoms with Crippen LogP contribution in [0.15, 0.2) is 0 Å². The maximum Gasteiger partial charge on any atom is 0.310 e. The van der Waals surface area contributed by atoms with E-state index >= 15 is 0 Å². The molecule has 1 aliphatic heterocycles. The molecule has 0 amide bonds. The monoisotopic (exact) mass is 239 g/mol. The van der Waals surface area contributed by atoms with Crippen LogP contribution in [0.25, 0.3) is 0 Å². The quantitative estimate of drug-likeness (QED) is 0.752. The van der Waals surface area contributed by atoms with Crippen LogP contribution in [0.2, 0.25) is 0 Å². The van der Waals surface area contributed by atoms with E-state index in [9.17, 15) is 4.79 Å². The van der Waals surface area contributed by atoms with Crippen LogP contribution >= 0.6 is 0 Å². The second-order valence-corrected chi connectivity index (χ2v) is 6.49. The van der Waals surface area contributed by atoms with Crippen molar-refractivity contribution in [1.29, 1.82) is 0 Å². The minimum atomic E-state index is 0.00944. The zero-order chi connectivity index (χ0) is 12.5. The molecule has 1 spiro atoms. The van der Waals surface area contributed by atoms with Gasteiger partial charge in [0.25, 0.3) is 0 Å². The fraction of sp³-hybridized carbons (Fsp3) is 0.929. The van der Waals surface area contributed by atoms with E-state index in [-0.39, 0.29) is 17.3 Å². The SMILES string of the molecule is CCOC(=O)C1CNCC12CCCC(C)(C)C2. The van der Waals surface area contributed by atoms with E-state index < -0.39 is 0 Å². The smallest absolute Gasteiger partial charge is 0.310 e. The van der Waals surface area contributed by atoms with Crippen LogP contribution in [0.3, 0.4) is 0 Å². The van der Waals surface area contributed by atoms with Gasteiger partial charge in [-0.3, -0.25) is 4.79 Å². The Morgan fingerprint density at radius 3 is 2.82 bits per heavy atom. The van der Waals surface area contributed by atoms with Gasteiger partial charge in [-0.1, -0.05) is 20.3 Å². The molecule has 0 aromatic rings. The summed E-state index contributed by atoms with van der Waals surface area (Å²) in [6, 6.07) is 0. The molecule has 2 atom stereocenters. The van der Waals surface area contributed by atoms with E-state index in [4.69, 9.17) is 4.74 Å². The molecule has 1 heterocycles. The average molecular weight is 239 g/mol. The van der Waals surface area contributed by atoms with Crippen molar-refractivity contribution < 1.29 is 9.53 Å². The van der Waals surface area contributed by atoms with Crippen molar-refractivity contribution in [2.75, 3.05) is 19.7 Å². The molecule has 2 unspecified atom stereocenters. The molecule has 2 rings (SSSR count). The number of esters is 1. The highest BCUT2D eigenvalue weighted by Gasteiger charge is 2.51. The molecule has 0 radical (unpaired) electrons. The fourth-order valence-electron chi connectivity index (χ4n) is 3.88. The second-order valence-electron chi connectivity index (χ2n) is 6.49. The van der Waals surface area contributed by atoms with Crippen LogP contribution in [-0.2, 0) is 9.53 Å². The number of nitrogens with one attached hydrogen (secondary N) is 1. The third-order valence-electron chi connectivity index (χ3n) is 4.49. The van der Waals surface area contributed by atoms with Gasteiger partial charge in [0.05, 0.1) is 12.5 Å². The third kappa shape index (κ3) is 2.49. The van der Waals surface area contributed by atoms with Gasteiger partial charge >= 0.3 is 5.97 Å². The number of carbonyl (C=O) groups excluding carboxylic acids is 1. The maximum absolute atomic E-state index is 12.1. The van der Waals surface area contributed by atoms with Gasteiger partial charge < -0.3 is 10.1 Å². The molecule has 3 heteroatoms. The van der Waals surface area contributed by atoms with Crippen molar-refractivity contribution in [2.45, 2.75) is 46.5 Å². The first kappa shape index (κ1) is 12.9. The van der Waals surface area contributed by atoms with E-state index in [1.807, 2.05) is 6.92 Å². The maximum atomic E-state index is 12.1.